The van der Waals surface area contributed by atoms with Crippen LogP contribution in [0.25, 0.3) is 0 Å². The lowest BCUT2D eigenvalue weighted by Crippen LogP contribution is -2.50. The van der Waals surface area contributed by atoms with Crippen LogP contribution < -0.4 is 5.32 Å². The average molecular weight is 251 g/mol. The van der Waals surface area contributed by atoms with E-state index in [9.17, 15) is 14.3 Å². The van der Waals surface area contributed by atoms with E-state index in [1.54, 1.807) is 19.1 Å². The van der Waals surface area contributed by atoms with Crippen LogP contribution in [0.3, 0.4) is 0 Å². The molecule has 18 heavy (non-hydrogen) atoms. The minimum absolute atomic E-state index is 0.111. The summed E-state index contributed by atoms with van der Waals surface area (Å²) < 4.78 is 13.3. The van der Waals surface area contributed by atoms with Crippen LogP contribution in [0.2, 0.25) is 0 Å². The van der Waals surface area contributed by atoms with Crippen LogP contribution >= 0.6 is 0 Å². The molecule has 1 atom stereocenters. The smallest absolute Gasteiger partial charge is 0.230 e. The normalized spacial score (nSPS) is 18.8. The van der Waals surface area contributed by atoms with E-state index >= 15 is 0 Å². The largest absolute Gasteiger partial charge is 0.392 e. The topological polar surface area (TPSA) is 49.3 Å². The lowest BCUT2D eigenvalue weighted by molar-refractivity contribution is -0.130. The van der Waals surface area contributed by atoms with Gasteiger partial charge in [0.1, 0.15) is 5.82 Å². The van der Waals surface area contributed by atoms with E-state index in [0.717, 1.165) is 24.8 Å². The molecule has 1 aliphatic rings. The molecule has 1 unspecified atom stereocenters. The lowest BCUT2D eigenvalue weighted by atomic mass is 9.64. The first-order valence-corrected chi connectivity index (χ1v) is 6.27. The van der Waals surface area contributed by atoms with E-state index in [2.05, 4.69) is 5.32 Å². The highest BCUT2D eigenvalue weighted by Crippen LogP contribution is 2.44. The molecule has 1 aromatic rings. The summed E-state index contributed by atoms with van der Waals surface area (Å²) in [5.74, 6) is -0.428. The summed E-state index contributed by atoms with van der Waals surface area (Å²) in [5.41, 5.74) is 0.133. The first-order valence-electron chi connectivity index (χ1n) is 6.27. The summed E-state index contributed by atoms with van der Waals surface area (Å²) in [6, 6.07) is 6.24. The molecule has 1 fully saturated rings. The van der Waals surface area contributed by atoms with Crippen LogP contribution in [0.1, 0.15) is 31.7 Å². The Labute approximate surface area is 106 Å². The van der Waals surface area contributed by atoms with Crippen molar-refractivity contribution in [3.8, 4) is 0 Å². The van der Waals surface area contributed by atoms with Gasteiger partial charge in [-0.2, -0.15) is 0 Å². The molecule has 0 aliphatic heterocycles. The molecule has 0 saturated heterocycles. The van der Waals surface area contributed by atoms with Crippen molar-refractivity contribution in [3.63, 3.8) is 0 Å². The van der Waals surface area contributed by atoms with Crippen molar-refractivity contribution >= 4 is 5.91 Å². The Hall–Kier alpha value is -1.42. The van der Waals surface area contributed by atoms with E-state index in [1.807, 2.05) is 0 Å². The van der Waals surface area contributed by atoms with Gasteiger partial charge >= 0.3 is 0 Å². The minimum Gasteiger partial charge on any atom is -0.392 e. The second kappa shape index (κ2) is 5.06. The maximum Gasteiger partial charge on any atom is 0.230 e. The van der Waals surface area contributed by atoms with Crippen molar-refractivity contribution in [1.82, 2.24) is 5.32 Å². The van der Waals surface area contributed by atoms with Crippen molar-refractivity contribution in [1.29, 1.82) is 0 Å². The van der Waals surface area contributed by atoms with Gasteiger partial charge in [-0.25, -0.2) is 4.39 Å². The minimum atomic E-state index is -0.600. The summed E-state index contributed by atoms with van der Waals surface area (Å²) >= 11 is 0. The Kier molecular flexibility index (Phi) is 3.66. The fourth-order valence-corrected chi connectivity index (χ4v) is 2.37. The Balaban J connectivity index is 2.18. The quantitative estimate of drug-likeness (QED) is 0.856. The number of hydrogen-bond acceptors (Lipinski definition) is 2. The lowest BCUT2D eigenvalue weighted by Gasteiger charge is -2.40. The molecule has 0 radical (unpaired) electrons. The predicted molar refractivity (Wildman–Crippen MR) is 66.6 cm³/mol. The van der Waals surface area contributed by atoms with Crippen molar-refractivity contribution in [3.05, 3.63) is 35.6 Å². The van der Waals surface area contributed by atoms with Gasteiger partial charge < -0.3 is 10.4 Å². The van der Waals surface area contributed by atoms with Gasteiger partial charge in [0.05, 0.1) is 11.5 Å². The molecule has 2 N–H and O–H groups in total. The Morgan fingerprint density at radius 1 is 1.56 bits per heavy atom. The van der Waals surface area contributed by atoms with E-state index in [0.29, 0.717) is 0 Å². The number of carbonyl (C=O) groups excluding carboxylic acids is 1. The standard InChI is InChI=1S/C14H18FNO2/c1-10(17)9-16-13(18)14(6-3-7-14)11-4-2-5-12(15)8-11/h2,4-5,8,10,17H,3,6-7,9H2,1H3,(H,16,18). The zero-order valence-corrected chi connectivity index (χ0v) is 10.4. The monoisotopic (exact) mass is 251 g/mol. The van der Waals surface area contributed by atoms with Gasteiger partial charge in [0, 0.05) is 6.54 Å². The van der Waals surface area contributed by atoms with Gasteiger partial charge in [0.2, 0.25) is 5.91 Å². The number of amides is 1. The third kappa shape index (κ3) is 2.38. The van der Waals surface area contributed by atoms with E-state index in [-0.39, 0.29) is 18.3 Å². The third-order valence-corrected chi connectivity index (χ3v) is 3.58. The average Bonchev–Trinajstić information content (AvgIpc) is 2.25. The molecule has 0 aromatic heterocycles. The highest BCUT2D eigenvalue weighted by Gasteiger charge is 2.45. The fourth-order valence-electron chi connectivity index (χ4n) is 2.37. The summed E-state index contributed by atoms with van der Waals surface area (Å²) in [6.07, 6.45) is 1.88. The Bertz CT molecular complexity index is 441. The van der Waals surface area contributed by atoms with Crippen LogP contribution in [0, 0.1) is 5.82 Å². The highest BCUT2D eigenvalue weighted by molar-refractivity contribution is 5.89. The van der Waals surface area contributed by atoms with Gasteiger partial charge in [-0.1, -0.05) is 18.6 Å². The van der Waals surface area contributed by atoms with Crippen LogP contribution in [-0.2, 0) is 10.2 Å². The van der Waals surface area contributed by atoms with Gasteiger partial charge in [-0.15, -0.1) is 0 Å². The number of rotatable bonds is 4. The number of aliphatic hydroxyl groups is 1. The Morgan fingerprint density at radius 2 is 2.28 bits per heavy atom. The maximum absolute atomic E-state index is 13.3. The van der Waals surface area contributed by atoms with Crippen molar-refractivity contribution in [2.24, 2.45) is 0 Å². The molecule has 0 spiro atoms. The highest BCUT2D eigenvalue weighted by atomic mass is 19.1. The van der Waals surface area contributed by atoms with Crippen molar-refractivity contribution in [2.45, 2.75) is 37.7 Å². The molecule has 98 valence electrons. The first-order chi connectivity index (χ1) is 8.54. The van der Waals surface area contributed by atoms with Crippen LogP contribution in [0.5, 0.6) is 0 Å². The summed E-state index contributed by atoms with van der Waals surface area (Å²) in [6.45, 7) is 1.85. The van der Waals surface area contributed by atoms with Crippen LogP contribution in [-0.4, -0.2) is 23.7 Å². The predicted octanol–water partition coefficient (Wildman–Crippen LogP) is 1.74. The number of halogens is 1. The first kappa shape index (κ1) is 13.0. The molecular formula is C14H18FNO2. The van der Waals surface area contributed by atoms with Crippen LogP contribution in [0.15, 0.2) is 24.3 Å². The summed E-state index contributed by atoms with van der Waals surface area (Å²) in [4.78, 5) is 12.2. The van der Waals surface area contributed by atoms with Crippen molar-refractivity contribution < 1.29 is 14.3 Å². The van der Waals surface area contributed by atoms with Crippen molar-refractivity contribution in [2.75, 3.05) is 6.54 Å². The molecule has 4 heteroatoms. The number of hydrogen-bond donors (Lipinski definition) is 2. The number of aliphatic hydroxyl groups excluding tert-OH is 1. The zero-order valence-electron chi connectivity index (χ0n) is 10.4. The molecule has 0 bridgehead atoms. The molecule has 1 amide bonds. The molecule has 1 aromatic carbocycles. The number of benzene rings is 1. The molecule has 2 rings (SSSR count). The third-order valence-electron chi connectivity index (χ3n) is 3.58. The second-order valence-corrected chi connectivity index (χ2v) is 5.01. The molecule has 1 saturated carbocycles. The SMILES string of the molecule is CC(O)CNC(=O)C1(c2cccc(F)c2)CCC1. The molecule has 3 nitrogen and oxygen atoms in total. The van der Waals surface area contributed by atoms with Gasteiger partial charge in [0.25, 0.3) is 0 Å². The van der Waals surface area contributed by atoms with E-state index < -0.39 is 11.5 Å². The number of carbonyl (C=O) groups is 1. The zero-order chi connectivity index (χ0) is 13.2. The van der Waals surface area contributed by atoms with Crippen LogP contribution in [0.4, 0.5) is 4.39 Å². The van der Waals surface area contributed by atoms with Gasteiger partial charge in [-0.05, 0) is 37.5 Å². The maximum atomic E-state index is 13.3. The fraction of sp³-hybridized carbons (Fsp3) is 0.500. The summed E-state index contributed by atoms with van der Waals surface area (Å²) in [7, 11) is 0. The van der Waals surface area contributed by atoms with E-state index in [1.165, 1.54) is 12.1 Å². The number of nitrogens with one attached hydrogen (secondary N) is 1. The van der Waals surface area contributed by atoms with E-state index in [4.69, 9.17) is 0 Å². The Morgan fingerprint density at radius 3 is 2.78 bits per heavy atom. The molecular weight excluding hydrogens is 233 g/mol. The molecule has 1 aliphatic carbocycles. The molecule has 0 heterocycles. The van der Waals surface area contributed by atoms with Gasteiger partial charge in [-0.3, -0.25) is 4.79 Å². The second-order valence-electron chi connectivity index (χ2n) is 5.01. The van der Waals surface area contributed by atoms with Gasteiger partial charge in [0.15, 0.2) is 0 Å². The summed E-state index contributed by atoms with van der Waals surface area (Å²) in [5, 5.41) is 11.9.